The third-order valence-corrected chi connectivity index (χ3v) is 3.38. The van der Waals surface area contributed by atoms with Crippen molar-refractivity contribution < 1.29 is 19.1 Å². The number of hydrogen-bond donors (Lipinski definition) is 2. The van der Waals surface area contributed by atoms with Gasteiger partial charge in [0.05, 0.1) is 12.8 Å². The number of piperazine rings is 1. The number of hydrogen-bond acceptors (Lipinski definition) is 5. The SMILES string of the molecule is CCC1C(=O)NC(=O)CN1C(=O)c1ccc(OC)c(N)c1. The third kappa shape index (κ3) is 2.81. The molecule has 0 radical (unpaired) electrons. The highest BCUT2D eigenvalue weighted by molar-refractivity contribution is 6.07. The van der Waals surface area contributed by atoms with Crippen LogP contribution in [0.3, 0.4) is 0 Å². The molecule has 2 rings (SSSR count). The van der Waals surface area contributed by atoms with Crippen molar-refractivity contribution in [2.75, 3.05) is 19.4 Å². The zero-order valence-electron chi connectivity index (χ0n) is 11.9. The van der Waals surface area contributed by atoms with Gasteiger partial charge in [-0.15, -0.1) is 0 Å². The van der Waals surface area contributed by atoms with Crippen molar-refractivity contribution in [2.45, 2.75) is 19.4 Å². The fraction of sp³-hybridized carbons (Fsp3) is 0.357. The van der Waals surface area contributed by atoms with Crippen LogP contribution in [-0.4, -0.2) is 42.3 Å². The molecule has 0 aliphatic carbocycles. The fourth-order valence-corrected chi connectivity index (χ4v) is 2.32. The van der Waals surface area contributed by atoms with Crippen molar-refractivity contribution in [3.05, 3.63) is 23.8 Å². The largest absolute Gasteiger partial charge is 0.495 e. The van der Waals surface area contributed by atoms with Gasteiger partial charge in [-0.1, -0.05) is 6.92 Å². The van der Waals surface area contributed by atoms with Crippen molar-refractivity contribution in [3.63, 3.8) is 0 Å². The Morgan fingerprint density at radius 2 is 2.19 bits per heavy atom. The van der Waals surface area contributed by atoms with E-state index in [4.69, 9.17) is 10.5 Å². The first-order chi connectivity index (χ1) is 9.97. The molecule has 7 heteroatoms. The van der Waals surface area contributed by atoms with Gasteiger partial charge in [0.1, 0.15) is 18.3 Å². The molecule has 0 aromatic heterocycles. The molecular formula is C14H17N3O4. The van der Waals surface area contributed by atoms with Crippen LogP contribution in [-0.2, 0) is 9.59 Å². The maximum Gasteiger partial charge on any atom is 0.255 e. The topological polar surface area (TPSA) is 102 Å². The molecule has 1 aromatic carbocycles. The van der Waals surface area contributed by atoms with Crippen molar-refractivity contribution in [1.29, 1.82) is 0 Å². The standard InChI is InChI=1S/C14H17N3O4/c1-3-10-13(19)16-12(18)7-17(10)14(20)8-4-5-11(21-2)9(15)6-8/h4-6,10H,3,7,15H2,1-2H3,(H,16,18,19). The number of benzene rings is 1. The summed E-state index contributed by atoms with van der Waals surface area (Å²) in [6, 6.07) is 3.96. The zero-order valence-corrected chi connectivity index (χ0v) is 11.9. The maximum absolute atomic E-state index is 12.5. The average Bonchev–Trinajstić information content (AvgIpc) is 2.45. The van der Waals surface area contributed by atoms with Crippen molar-refractivity contribution in [3.8, 4) is 5.75 Å². The summed E-state index contributed by atoms with van der Waals surface area (Å²) in [6.07, 6.45) is 0.427. The van der Waals surface area contributed by atoms with E-state index in [1.807, 2.05) is 0 Å². The molecule has 1 unspecified atom stereocenters. The van der Waals surface area contributed by atoms with E-state index in [9.17, 15) is 14.4 Å². The van der Waals surface area contributed by atoms with Crippen LogP contribution in [0.2, 0.25) is 0 Å². The molecule has 1 fully saturated rings. The summed E-state index contributed by atoms with van der Waals surface area (Å²) in [5, 5.41) is 2.23. The highest BCUT2D eigenvalue weighted by Crippen LogP contribution is 2.23. The van der Waals surface area contributed by atoms with E-state index in [1.165, 1.54) is 18.1 Å². The summed E-state index contributed by atoms with van der Waals surface area (Å²) in [6.45, 7) is 1.64. The first kappa shape index (κ1) is 14.8. The van der Waals surface area contributed by atoms with E-state index in [0.717, 1.165) is 0 Å². The Bertz CT molecular complexity index is 600. The number of amides is 3. The molecule has 1 aliphatic heterocycles. The van der Waals surface area contributed by atoms with Crippen LogP contribution in [0.25, 0.3) is 0 Å². The lowest BCUT2D eigenvalue weighted by molar-refractivity contribution is -0.138. The van der Waals surface area contributed by atoms with Crippen molar-refractivity contribution in [1.82, 2.24) is 10.2 Å². The monoisotopic (exact) mass is 291 g/mol. The number of carbonyl (C=O) groups excluding carboxylic acids is 3. The van der Waals surface area contributed by atoms with E-state index < -0.39 is 23.8 Å². The van der Waals surface area contributed by atoms with Crippen LogP contribution >= 0.6 is 0 Å². The number of imide groups is 1. The number of nitrogens with one attached hydrogen (secondary N) is 1. The summed E-state index contributed by atoms with van der Waals surface area (Å²) >= 11 is 0. The number of nitrogens with two attached hydrogens (primary N) is 1. The predicted molar refractivity (Wildman–Crippen MR) is 75.7 cm³/mol. The van der Waals surface area contributed by atoms with Crippen LogP contribution in [0.4, 0.5) is 5.69 Å². The summed E-state index contributed by atoms with van der Waals surface area (Å²) in [5.41, 5.74) is 6.42. The number of anilines is 1. The van der Waals surface area contributed by atoms with Gasteiger partial charge in [-0.05, 0) is 24.6 Å². The molecule has 3 N–H and O–H groups in total. The molecule has 7 nitrogen and oxygen atoms in total. The quantitative estimate of drug-likeness (QED) is 0.610. The van der Waals surface area contributed by atoms with Gasteiger partial charge < -0.3 is 15.4 Å². The Labute approximate surface area is 122 Å². The Morgan fingerprint density at radius 3 is 2.76 bits per heavy atom. The molecule has 1 aliphatic rings. The molecule has 1 heterocycles. The number of rotatable bonds is 3. The number of methoxy groups -OCH3 is 1. The van der Waals surface area contributed by atoms with Gasteiger partial charge >= 0.3 is 0 Å². The smallest absolute Gasteiger partial charge is 0.255 e. The Hall–Kier alpha value is -2.57. The minimum Gasteiger partial charge on any atom is -0.495 e. The molecule has 21 heavy (non-hydrogen) atoms. The summed E-state index contributed by atoms with van der Waals surface area (Å²) < 4.78 is 5.03. The van der Waals surface area contributed by atoms with E-state index in [1.54, 1.807) is 19.1 Å². The minimum absolute atomic E-state index is 0.144. The Balaban J connectivity index is 2.31. The van der Waals surface area contributed by atoms with Crippen molar-refractivity contribution >= 4 is 23.4 Å². The first-order valence-corrected chi connectivity index (χ1v) is 6.56. The van der Waals surface area contributed by atoms with Crippen LogP contribution in [0, 0.1) is 0 Å². The Kier molecular flexibility index (Phi) is 4.11. The molecule has 1 atom stereocenters. The molecule has 112 valence electrons. The molecular weight excluding hydrogens is 274 g/mol. The second-order valence-electron chi connectivity index (χ2n) is 4.73. The van der Waals surface area contributed by atoms with Gasteiger partial charge in [-0.2, -0.15) is 0 Å². The van der Waals surface area contributed by atoms with E-state index >= 15 is 0 Å². The molecule has 0 spiro atoms. The first-order valence-electron chi connectivity index (χ1n) is 6.56. The number of ether oxygens (including phenoxy) is 1. The average molecular weight is 291 g/mol. The summed E-state index contributed by atoms with van der Waals surface area (Å²) in [7, 11) is 1.48. The fourth-order valence-electron chi connectivity index (χ4n) is 2.32. The van der Waals surface area contributed by atoms with Gasteiger partial charge in [0, 0.05) is 5.56 Å². The second kappa shape index (κ2) is 5.82. The van der Waals surface area contributed by atoms with Crippen LogP contribution in [0.1, 0.15) is 23.7 Å². The number of carbonyl (C=O) groups is 3. The lowest BCUT2D eigenvalue weighted by Crippen LogP contribution is -2.59. The van der Waals surface area contributed by atoms with Gasteiger partial charge in [0.25, 0.3) is 5.91 Å². The summed E-state index contributed by atoms with van der Waals surface area (Å²) in [4.78, 5) is 37.0. The highest BCUT2D eigenvalue weighted by Gasteiger charge is 2.35. The second-order valence-corrected chi connectivity index (χ2v) is 4.73. The zero-order chi connectivity index (χ0) is 15.6. The van der Waals surface area contributed by atoms with Gasteiger partial charge in [0.2, 0.25) is 11.8 Å². The lowest BCUT2D eigenvalue weighted by atomic mass is 10.1. The van der Waals surface area contributed by atoms with Gasteiger partial charge in [0.15, 0.2) is 0 Å². The minimum atomic E-state index is -0.654. The number of nitrogens with zero attached hydrogens (tertiary/aromatic N) is 1. The van der Waals surface area contributed by atoms with Crippen LogP contribution in [0.5, 0.6) is 5.75 Å². The Morgan fingerprint density at radius 1 is 1.48 bits per heavy atom. The van der Waals surface area contributed by atoms with Crippen molar-refractivity contribution in [2.24, 2.45) is 0 Å². The third-order valence-electron chi connectivity index (χ3n) is 3.38. The van der Waals surface area contributed by atoms with Gasteiger partial charge in [-0.3, -0.25) is 19.7 Å². The van der Waals surface area contributed by atoms with E-state index in [2.05, 4.69) is 5.32 Å². The lowest BCUT2D eigenvalue weighted by Gasteiger charge is -2.33. The molecule has 1 saturated heterocycles. The molecule has 0 saturated carbocycles. The summed E-state index contributed by atoms with van der Waals surface area (Å²) in [5.74, 6) is -0.881. The van der Waals surface area contributed by atoms with Gasteiger partial charge in [-0.25, -0.2) is 0 Å². The predicted octanol–water partition coefficient (Wildman–Crippen LogP) is 0.155. The molecule has 1 aromatic rings. The normalized spacial score (nSPS) is 18.4. The van der Waals surface area contributed by atoms with Crippen LogP contribution in [0.15, 0.2) is 18.2 Å². The van der Waals surface area contributed by atoms with E-state index in [0.29, 0.717) is 23.4 Å². The number of nitrogen functional groups attached to an aromatic ring is 1. The maximum atomic E-state index is 12.5. The van der Waals surface area contributed by atoms with E-state index in [-0.39, 0.29) is 6.54 Å². The van der Waals surface area contributed by atoms with Crippen LogP contribution < -0.4 is 15.8 Å². The molecule has 0 bridgehead atoms. The molecule has 3 amide bonds. The highest BCUT2D eigenvalue weighted by atomic mass is 16.5.